The van der Waals surface area contributed by atoms with Crippen molar-refractivity contribution >= 4 is 0 Å². The molecule has 1 fully saturated rings. The zero-order valence-electron chi connectivity index (χ0n) is 11.3. The lowest BCUT2D eigenvalue weighted by Gasteiger charge is -2.36. The molecule has 0 aliphatic carbocycles. The lowest BCUT2D eigenvalue weighted by molar-refractivity contribution is 0.121. The van der Waals surface area contributed by atoms with Crippen molar-refractivity contribution in [1.82, 2.24) is 4.90 Å². The normalized spacial score (nSPS) is 25.3. The van der Waals surface area contributed by atoms with Gasteiger partial charge in [-0.25, -0.2) is 4.39 Å². The Balaban J connectivity index is 2.05. The maximum absolute atomic E-state index is 13.9. The standard InChI is InChI=1S/C15H23FN2/c1-11-5-6-18(12(2)7-11)10-14-4-3-13(9-17)8-15(14)16/h3-4,8,11-12H,5-7,9-10,17H2,1-2H3. The molecule has 100 valence electrons. The fourth-order valence-corrected chi connectivity index (χ4v) is 2.76. The van der Waals surface area contributed by atoms with E-state index in [1.54, 1.807) is 6.07 Å². The van der Waals surface area contributed by atoms with Gasteiger partial charge in [0.2, 0.25) is 0 Å². The number of halogens is 1. The van der Waals surface area contributed by atoms with Crippen LogP contribution in [0.4, 0.5) is 4.39 Å². The molecule has 1 aromatic carbocycles. The Morgan fingerprint density at radius 2 is 2.17 bits per heavy atom. The van der Waals surface area contributed by atoms with Crippen LogP contribution in [0.15, 0.2) is 18.2 Å². The molecule has 18 heavy (non-hydrogen) atoms. The predicted octanol–water partition coefficient (Wildman–Crippen LogP) is 2.90. The molecule has 0 radical (unpaired) electrons. The molecule has 1 aromatic rings. The van der Waals surface area contributed by atoms with Crippen molar-refractivity contribution in [2.45, 2.75) is 45.8 Å². The van der Waals surface area contributed by atoms with Gasteiger partial charge in [-0.3, -0.25) is 4.90 Å². The van der Waals surface area contributed by atoms with Gasteiger partial charge in [-0.1, -0.05) is 19.1 Å². The summed E-state index contributed by atoms with van der Waals surface area (Å²) < 4.78 is 13.9. The fraction of sp³-hybridized carbons (Fsp3) is 0.600. The van der Waals surface area contributed by atoms with Crippen molar-refractivity contribution in [3.05, 3.63) is 35.1 Å². The fourth-order valence-electron chi connectivity index (χ4n) is 2.76. The predicted molar refractivity (Wildman–Crippen MR) is 72.6 cm³/mol. The second-order valence-electron chi connectivity index (χ2n) is 5.58. The van der Waals surface area contributed by atoms with Gasteiger partial charge in [-0.2, -0.15) is 0 Å². The van der Waals surface area contributed by atoms with Gasteiger partial charge in [0.05, 0.1) is 0 Å². The van der Waals surface area contributed by atoms with Crippen molar-refractivity contribution in [2.24, 2.45) is 11.7 Å². The number of nitrogens with two attached hydrogens (primary N) is 1. The number of likely N-dealkylation sites (tertiary alicyclic amines) is 1. The Morgan fingerprint density at radius 3 is 2.78 bits per heavy atom. The summed E-state index contributed by atoms with van der Waals surface area (Å²) in [6.45, 7) is 6.71. The highest BCUT2D eigenvalue weighted by Gasteiger charge is 2.23. The minimum atomic E-state index is -0.122. The number of piperidine rings is 1. The zero-order valence-corrected chi connectivity index (χ0v) is 11.3. The van der Waals surface area contributed by atoms with Crippen LogP contribution in [0.2, 0.25) is 0 Å². The Labute approximate surface area is 109 Å². The second-order valence-corrected chi connectivity index (χ2v) is 5.58. The van der Waals surface area contributed by atoms with Gasteiger partial charge in [0, 0.05) is 24.7 Å². The van der Waals surface area contributed by atoms with Gasteiger partial charge in [0.15, 0.2) is 0 Å². The van der Waals surface area contributed by atoms with Crippen LogP contribution in [0, 0.1) is 11.7 Å². The molecular weight excluding hydrogens is 227 g/mol. The van der Waals surface area contributed by atoms with E-state index in [0.29, 0.717) is 19.1 Å². The topological polar surface area (TPSA) is 29.3 Å². The average Bonchev–Trinajstić information content (AvgIpc) is 2.34. The molecular formula is C15H23FN2. The highest BCUT2D eigenvalue weighted by molar-refractivity contribution is 5.24. The lowest BCUT2D eigenvalue weighted by Crippen LogP contribution is -2.39. The van der Waals surface area contributed by atoms with Crippen LogP contribution in [0.25, 0.3) is 0 Å². The first-order valence-corrected chi connectivity index (χ1v) is 6.81. The highest BCUT2D eigenvalue weighted by Crippen LogP contribution is 2.24. The summed E-state index contributed by atoms with van der Waals surface area (Å²) >= 11 is 0. The number of benzene rings is 1. The third-order valence-corrected chi connectivity index (χ3v) is 4.00. The summed E-state index contributed by atoms with van der Waals surface area (Å²) in [5.74, 6) is 0.671. The van der Waals surface area contributed by atoms with E-state index in [2.05, 4.69) is 18.7 Å². The van der Waals surface area contributed by atoms with E-state index >= 15 is 0 Å². The Kier molecular flexibility index (Phi) is 4.36. The third-order valence-electron chi connectivity index (χ3n) is 4.00. The van der Waals surface area contributed by atoms with Crippen molar-refractivity contribution < 1.29 is 4.39 Å². The minimum absolute atomic E-state index is 0.122. The maximum Gasteiger partial charge on any atom is 0.128 e. The molecule has 1 heterocycles. The molecule has 2 N–H and O–H groups in total. The monoisotopic (exact) mass is 250 g/mol. The molecule has 1 saturated heterocycles. The molecule has 0 amide bonds. The summed E-state index contributed by atoms with van der Waals surface area (Å²) in [5.41, 5.74) is 7.16. The third kappa shape index (κ3) is 3.09. The summed E-state index contributed by atoms with van der Waals surface area (Å²) in [7, 11) is 0. The van der Waals surface area contributed by atoms with Crippen molar-refractivity contribution in [2.75, 3.05) is 6.54 Å². The smallest absolute Gasteiger partial charge is 0.128 e. The Hall–Kier alpha value is -0.930. The first-order valence-electron chi connectivity index (χ1n) is 6.81. The Morgan fingerprint density at radius 1 is 1.39 bits per heavy atom. The molecule has 0 bridgehead atoms. The van der Waals surface area contributed by atoms with Gasteiger partial charge >= 0.3 is 0 Å². The van der Waals surface area contributed by atoms with E-state index < -0.39 is 0 Å². The lowest BCUT2D eigenvalue weighted by atomic mass is 9.93. The van der Waals surface area contributed by atoms with E-state index in [-0.39, 0.29) is 5.82 Å². The van der Waals surface area contributed by atoms with Gasteiger partial charge < -0.3 is 5.73 Å². The number of nitrogens with zero attached hydrogens (tertiary/aromatic N) is 1. The van der Waals surface area contributed by atoms with E-state index in [1.165, 1.54) is 12.8 Å². The van der Waals surface area contributed by atoms with E-state index in [9.17, 15) is 4.39 Å². The van der Waals surface area contributed by atoms with E-state index in [0.717, 1.165) is 23.6 Å². The summed E-state index contributed by atoms with van der Waals surface area (Å²) in [6, 6.07) is 5.91. The first kappa shape index (κ1) is 13.5. The molecule has 2 nitrogen and oxygen atoms in total. The van der Waals surface area contributed by atoms with Gasteiger partial charge in [-0.05, 0) is 43.9 Å². The summed E-state index contributed by atoms with van der Waals surface area (Å²) in [6.07, 6.45) is 2.43. The summed E-state index contributed by atoms with van der Waals surface area (Å²) in [4.78, 5) is 2.38. The minimum Gasteiger partial charge on any atom is -0.326 e. The largest absolute Gasteiger partial charge is 0.326 e. The Bertz CT molecular complexity index is 405. The van der Waals surface area contributed by atoms with Crippen LogP contribution < -0.4 is 5.73 Å². The zero-order chi connectivity index (χ0) is 13.1. The van der Waals surface area contributed by atoms with Crippen LogP contribution in [0.3, 0.4) is 0 Å². The quantitative estimate of drug-likeness (QED) is 0.893. The molecule has 1 aliphatic heterocycles. The van der Waals surface area contributed by atoms with Crippen molar-refractivity contribution in [1.29, 1.82) is 0 Å². The SMILES string of the molecule is CC1CCN(Cc2ccc(CN)cc2F)C(C)C1. The van der Waals surface area contributed by atoms with Gasteiger partial charge in [-0.15, -0.1) is 0 Å². The van der Waals surface area contributed by atoms with E-state index in [1.807, 2.05) is 12.1 Å². The van der Waals surface area contributed by atoms with Gasteiger partial charge in [0.25, 0.3) is 0 Å². The molecule has 3 heteroatoms. The van der Waals surface area contributed by atoms with Gasteiger partial charge in [0.1, 0.15) is 5.82 Å². The molecule has 0 spiro atoms. The van der Waals surface area contributed by atoms with Crippen LogP contribution in [0.5, 0.6) is 0 Å². The highest BCUT2D eigenvalue weighted by atomic mass is 19.1. The molecule has 2 atom stereocenters. The number of hydrogen-bond acceptors (Lipinski definition) is 2. The molecule has 2 rings (SSSR count). The number of hydrogen-bond donors (Lipinski definition) is 1. The molecule has 1 aliphatic rings. The van der Waals surface area contributed by atoms with Crippen molar-refractivity contribution in [3.63, 3.8) is 0 Å². The van der Waals surface area contributed by atoms with Crippen LogP contribution in [-0.2, 0) is 13.1 Å². The molecule has 2 unspecified atom stereocenters. The second kappa shape index (κ2) is 5.81. The number of rotatable bonds is 3. The maximum atomic E-state index is 13.9. The van der Waals surface area contributed by atoms with Crippen LogP contribution in [0.1, 0.15) is 37.8 Å². The average molecular weight is 250 g/mol. The van der Waals surface area contributed by atoms with Crippen molar-refractivity contribution in [3.8, 4) is 0 Å². The van der Waals surface area contributed by atoms with Crippen LogP contribution in [-0.4, -0.2) is 17.5 Å². The molecule has 0 aromatic heterocycles. The van der Waals surface area contributed by atoms with E-state index in [4.69, 9.17) is 5.73 Å². The van der Waals surface area contributed by atoms with Crippen LogP contribution >= 0.6 is 0 Å². The molecule has 0 saturated carbocycles. The first-order chi connectivity index (χ1) is 8.60. The summed E-state index contributed by atoms with van der Waals surface area (Å²) in [5, 5.41) is 0.